The number of benzene rings is 2. The van der Waals surface area contributed by atoms with Crippen molar-refractivity contribution in [2.45, 2.75) is 11.3 Å². The molecule has 0 amide bonds. The number of ether oxygens (including phenoxy) is 2. The lowest BCUT2D eigenvalue weighted by atomic mass is 10.1. The number of thioether (sulfide) groups is 1. The maximum Gasteiger partial charge on any atom is 0.277 e. The number of nitrogens with zero attached hydrogens (tertiary/aromatic N) is 2. The molecule has 1 atom stereocenters. The third-order valence-electron chi connectivity index (χ3n) is 3.77. The van der Waals surface area contributed by atoms with E-state index in [1.165, 1.54) is 6.07 Å². The first-order valence-corrected chi connectivity index (χ1v) is 8.91. The minimum Gasteiger partial charge on any atom is -0.485 e. The van der Waals surface area contributed by atoms with Gasteiger partial charge in [-0.05, 0) is 30.3 Å². The number of para-hydroxylation sites is 2. The van der Waals surface area contributed by atoms with E-state index in [-0.39, 0.29) is 34.8 Å². The van der Waals surface area contributed by atoms with Crippen LogP contribution in [0, 0.1) is 11.6 Å². The lowest BCUT2D eigenvalue weighted by Gasteiger charge is -2.23. The van der Waals surface area contributed by atoms with Gasteiger partial charge >= 0.3 is 0 Å². The molecule has 0 fully saturated rings. The van der Waals surface area contributed by atoms with Crippen molar-refractivity contribution in [1.82, 2.24) is 10.2 Å². The van der Waals surface area contributed by atoms with Crippen molar-refractivity contribution in [3.8, 4) is 11.5 Å². The van der Waals surface area contributed by atoms with Gasteiger partial charge in [-0.3, -0.25) is 4.79 Å². The number of carbonyl (C=O) groups is 1. The highest BCUT2D eigenvalue weighted by Crippen LogP contribution is 2.35. The third-order valence-corrected chi connectivity index (χ3v) is 4.59. The molecule has 0 saturated carbocycles. The van der Waals surface area contributed by atoms with E-state index in [1.807, 2.05) is 12.1 Å². The van der Waals surface area contributed by atoms with Crippen molar-refractivity contribution in [3.05, 3.63) is 65.6 Å². The molecule has 0 saturated heterocycles. The predicted molar refractivity (Wildman–Crippen MR) is 91.0 cm³/mol. The second-order valence-corrected chi connectivity index (χ2v) is 6.54. The number of carbonyl (C=O) groups excluding carboxylic acids is 1. The molecule has 1 aromatic heterocycles. The van der Waals surface area contributed by atoms with Crippen LogP contribution in [0.2, 0.25) is 0 Å². The van der Waals surface area contributed by atoms with Gasteiger partial charge in [-0.2, -0.15) is 0 Å². The van der Waals surface area contributed by atoms with Crippen LogP contribution < -0.4 is 9.47 Å². The SMILES string of the molecule is O=C(CSc1nnc([C@@H]2COc3ccccc3O2)o1)c1ccc(F)c(F)c1. The van der Waals surface area contributed by atoms with Crippen molar-refractivity contribution in [2.24, 2.45) is 0 Å². The molecule has 0 spiro atoms. The Morgan fingerprint density at radius 2 is 1.93 bits per heavy atom. The lowest BCUT2D eigenvalue weighted by molar-refractivity contribution is 0.0686. The highest BCUT2D eigenvalue weighted by Gasteiger charge is 2.27. The fourth-order valence-electron chi connectivity index (χ4n) is 2.43. The summed E-state index contributed by atoms with van der Waals surface area (Å²) in [7, 11) is 0. The zero-order chi connectivity index (χ0) is 18.8. The van der Waals surface area contributed by atoms with Gasteiger partial charge in [-0.25, -0.2) is 8.78 Å². The van der Waals surface area contributed by atoms with E-state index in [0.717, 1.165) is 23.9 Å². The van der Waals surface area contributed by atoms with Gasteiger partial charge in [0.25, 0.3) is 11.1 Å². The molecule has 0 bridgehead atoms. The standard InChI is InChI=1S/C18H12F2N2O4S/c19-11-6-5-10(7-12(11)20)13(23)9-27-18-22-21-17(26-18)16-8-24-14-3-1-2-4-15(14)25-16/h1-7,16H,8-9H2/t16-/m0/s1. The first-order valence-electron chi connectivity index (χ1n) is 7.93. The van der Waals surface area contributed by atoms with Crippen molar-refractivity contribution >= 4 is 17.5 Å². The second-order valence-electron chi connectivity index (χ2n) is 5.61. The zero-order valence-electron chi connectivity index (χ0n) is 13.7. The van der Waals surface area contributed by atoms with Crippen LogP contribution in [0.4, 0.5) is 8.78 Å². The van der Waals surface area contributed by atoms with Crippen LogP contribution in [0.5, 0.6) is 11.5 Å². The van der Waals surface area contributed by atoms with Gasteiger partial charge in [-0.1, -0.05) is 23.9 Å². The van der Waals surface area contributed by atoms with E-state index in [2.05, 4.69) is 10.2 Å². The van der Waals surface area contributed by atoms with Gasteiger partial charge in [0.1, 0.15) is 6.61 Å². The van der Waals surface area contributed by atoms with Crippen molar-refractivity contribution in [3.63, 3.8) is 0 Å². The van der Waals surface area contributed by atoms with Crippen LogP contribution in [-0.2, 0) is 0 Å². The van der Waals surface area contributed by atoms with Crippen LogP contribution in [-0.4, -0.2) is 28.3 Å². The number of fused-ring (bicyclic) bond motifs is 1. The Hall–Kier alpha value is -2.94. The van der Waals surface area contributed by atoms with E-state index < -0.39 is 17.7 Å². The molecule has 1 aliphatic rings. The highest BCUT2D eigenvalue weighted by molar-refractivity contribution is 7.99. The third kappa shape index (κ3) is 3.77. The molecule has 0 unspecified atom stereocenters. The van der Waals surface area contributed by atoms with Crippen LogP contribution in [0.3, 0.4) is 0 Å². The summed E-state index contributed by atoms with van der Waals surface area (Å²) in [6.07, 6.45) is -0.552. The number of halogens is 2. The Labute approximate surface area is 156 Å². The molecule has 27 heavy (non-hydrogen) atoms. The number of aromatic nitrogens is 2. The summed E-state index contributed by atoms with van der Waals surface area (Å²) < 4.78 is 43.0. The maximum atomic E-state index is 13.2. The molecule has 2 heterocycles. The van der Waals surface area contributed by atoms with Crippen LogP contribution in [0.15, 0.2) is 52.1 Å². The summed E-state index contributed by atoms with van der Waals surface area (Å²) in [6.45, 7) is 0.219. The minimum absolute atomic E-state index is 0.0580. The Morgan fingerprint density at radius 1 is 1.11 bits per heavy atom. The van der Waals surface area contributed by atoms with Crippen LogP contribution in [0.1, 0.15) is 22.4 Å². The Balaban J connectivity index is 1.38. The molecule has 1 aliphatic heterocycles. The minimum atomic E-state index is -1.07. The van der Waals surface area contributed by atoms with Crippen LogP contribution >= 0.6 is 11.8 Å². The summed E-state index contributed by atoms with van der Waals surface area (Å²) in [5.74, 6) is -1.07. The second kappa shape index (κ2) is 7.36. The first kappa shape index (κ1) is 17.5. The number of ketones is 1. The molecule has 138 valence electrons. The topological polar surface area (TPSA) is 74.5 Å². The lowest BCUT2D eigenvalue weighted by Crippen LogP contribution is -2.21. The molecule has 0 radical (unpaired) electrons. The maximum absolute atomic E-state index is 13.2. The van der Waals surface area contributed by atoms with Gasteiger partial charge in [0.05, 0.1) is 5.75 Å². The quantitative estimate of drug-likeness (QED) is 0.484. The summed E-state index contributed by atoms with van der Waals surface area (Å²) in [5, 5.41) is 7.96. The van der Waals surface area contributed by atoms with E-state index >= 15 is 0 Å². The molecule has 0 aliphatic carbocycles. The van der Waals surface area contributed by atoms with Gasteiger partial charge < -0.3 is 13.9 Å². The van der Waals surface area contributed by atoms with Gasteiger partial charge in [0, 0.05) is 5.56 Å². The zero-order valence-corrected chi connectivity index (χ0v) is 14.5. The largest absolute Gasteiger partial charge is 0.485 e. The van der Waals surface area contributed by atoms with E-state index in [1.54, 1.807) is 12.1 Å². The van der Waals surface area contributed by atoms with Gasteiger partial charge in [0.15, 0.2) is 28.9 Å². The van der Waals surface area contributed by atoms with E-state index in [9.17, 15) is 13.6 Å². The molecule has 9 heteroatoms. The molecular formula is C18H12F2N2O4S. The van der Waals surface area contributed by atoms with Crippen molar-refractivity contribution in [1.29, 1.82) is 0 Å². The molecular weight excluding hydrogens is 378 g/mol. The molecule has 3 aromatic rings. The normalized spacial score (nSPS) is 15.6. The number of hydrogen-bond acceptors (Lipinski definition) is 7. The average molecular weight is 390 g/mol. The number of hydrogen-bond donors (Lipinski definition) is 0. The van der Waals surface area contributed by atoms with Crippen LogP contribution in [0.25, 0.3) is 0 Å². The molecule has 2 aromatic carbocycles. The first-order chi connectivity index (χ1) is 13.1. The predicted octanol–water partition coefficient (Wildman–Crippen LogP) is 3.84. The van der Waals surface area contributed by atoms with E-state index in [4.69, 9.17) is 13.9 Å². The fourth-order valence-corrected chi connectivity index (χ4v) is 3.09. The van der Waals surface area contributed by atoms with Gasteiger partial charge in [-0.15, -0.1) is 10.2 Å². The van der Waals surface area contributed by atoms with Crippen molar-refractivity contribution < 1.29 is 27.5 Å². The monoisotopic (exact) mass is 390 g/mol. The average Bonchev–Trinajstić information content (AvgIpc) is 3.17. The smallest absolute Gasteiger partial charge is 0.277 e. The molecule has 0 N–H and O–H groups in total. The molecule has 6 nitrogen and oxygen atoms in total. The Kier molecular flexibility index (Phi) is 4.76. The summed E-state index contributed by atoms with van der Waals surface area (Å²) in [4.78, 5) is 12.1. The highest BCUT2D eigenvalue weighted by atomic mass is 32.2. The van der Waals surface area contributed by atoms with Crippen molar-refractivity contribution in [2.75, 3.05) is 12.4 Å². The summed E-state index contributed by atoms with van der Waals surface area (Å²) >= 11 is 1.00. The summed E-state index contributed by atoms with van der Waals surface area (Å²) in [5.41, 5.74) is 0.0711. The summed E-state index contributed by atoms with van der Waals surface area (Å²) in [6, 6.07) is 10.2. The van der Waals surface area contributed by atoms with Gasteiger partial charge in [0.2, 0.25) is 6.10 Å². The van der Waals surface area contributed by atoms with E-state index in [0.29, 0.717) is 11.5 Å². The number of rotatable bonds is 5. The fraction of sp³-hybridized carbons (Fsp3) is 0.167. The number of Topliss-reactive ketones (excluding diaryl/α,β-unsaturated/α-hetero) is 1. The Bertz CT molecular complexity index is 995. The Morgan fingerprint density at radius 3 is 2.74 bits per heavy atom. The molecule has 4 rings (SSSR count).